The van der Waals surface area contributed by atoms with Crippen LogP contribution in [0.25, 0.3) is 0 Å². The minimum absolute atomic E-state index is 0. The van der Waals surface area contributed by atoms with Gasteiger partial charge >= 0.3 is 6.09 Å². The van der Waals surface area contributed by atoms with Crippen molar-refractivity contribution in [2.24, 2.45) is 10.7 Å². The van der Waals surface area contributed by atoms with Gasteiger partial charge in [0.1, 0.15) is 5.60 Å². The highest BCUT2D eigenvalue weighted by Crippen LogP contribution is 2.13. The molecule has 9 heteroatoms. The van der Waals surface area contributed by atoms with E-state index in [0.29, 0.717) is 18.7 Å². The van der Waals surface area contributed by atoms with Crippen molar-refractivity contribution in [3.63, 3.8) is 0 Å². The summed E-state index contributed by atoms with van der Waals surface area (Å²) in [5.74, 6) is 0.328. The van der Waals surface area contributed by atoms with E-state index >= 15 is 0 Å². The van der Waals surface area contributed by atoms with Gasteiger partial charge in [0, 0.05) is 25.2 Å². The van der Waals surface area contributed by atoms with Gasteiger partial charge in [-0.2, -0.15) is 0 Å². The second kappa shape index (κ2) is 11.2. The summed E-state index contributed by atoms with van der Waals surface area (Å²) in [6.45, 7) is 10.2. The molecular formula is C20H32IN5O3. The molecule has 162 valence electrons. The number of likely N-dealkylation sites (tertiary alicyclic amines) is 1. The van der Waals surface area contributed by atoms with Gasteiger partial charge in [0.05, 0.1) is 12.6 Å². The first-order valence-corrected chi connectivity index (χ1v) is 9.59. The number of halogens is 1. The van der Waals surface area contributed by atoms with E-state index < -0.39 is 17.6 Å². The molecular weight excluding hydrogens is 485 g/mol. The van der Waals surface area contributed by atoms with Crippen LogP contribution in [0.5, 0.6) is 0 Å². The van der Waals surface area contributed by atoms with Crippen LogP contribution in [0.15, 0.2) is 29.3 Å². The lowest BCUT2D eigenvalue weighted by Crippen LogP contribution is -2.44. The van der Waals surface area contributed by atoms with Crippen molar-refractivity contribution >= 4 is 41.9 Å². The smallest absolute Gasteiger partial charge is 0.407 e. The molecule has 1 aromatic rings. The largest absolute Gasteiger partial charge is 0.444 e. The van der Waals surface area contributed by atoms with Gasteiger partial charge in [0.25, 0.3) is 0 Å². The molecule has 4 N–H and O–H groups in total. The van der Waals surface area contributed by atoms with Crippen LogP contribution in [0.2, 0.25) is 0 Å². The topological polar surface area (TPSA) is 109 Å². The van der Waals surface area contributed by atoms with Crippen LogP contribution in [0.1, 0.15) is 50.0 Å². The van der Waals surface area contributed by atoms with Gasteiger partial charge in [-0.15, -0.1) is 24.0 Å². The van der Waals surface area contributed by atoms with E-state index in [1.54, 1.807) is 18.2 Å². The number of amides is 2. The molecule has 0 saturated carbocycles. The fourth-order valence-corrected chi connectivity index (χ4v) is 2.96. The Kier molecular flexibility index (Phi) is 9.67. The van der Waals surface area contributed by atoms with E-state index in [0.717, 1.165) is 31.0 Å². The molecule has 0 aliphatic carbocycles. The predicted octanol–water partition coefficient (Wildman–Crippen LogP) is 2.47. The molecule has 0 radical (unpaired) electrons. The predicted molar refractivity (Wildman–Crippen MR) is 125 cm³/mol. The Labute approximate surface area is 189 Å². The number of alkyl carbamates (subject to hydrolysis) is 1. The third kappa shape index (κ3) is 8.46. The van der Waals surface area contributed by atoms with Crippen LogP contribution in [0.4, 0.5) is 4.79 Å². The number of carbonyl (C=O) groups excluding carboxylic acids is 2. The molecule has 1 fully saturated rings. The Hall–Kier alpha value is -2.04. The highest BCUT2D eigenvalue weighted by atomic mass is 127. The number of ether oxygens (including phenoxy) is 1. The van der Waals surface area contributed by atoms with Crippen molar-refractivity contribution in [1.82, 2.24) is 15.5 Å². The third-order valence-corrected chi connectivity index (χ3v) is 4.17. The summed E-state index contributed by atoms with van der Waals surface area (Å²) >= 11 is 0. The standard InChI is InChI=1S/C20H31N5O3.HI/c1-5-22-18(23-12-14-7-6-8-15(11-14)17(21)26)25-10-9-16(13-25)24-19(27)28-20(2,3)4;/h6-8,11,16H,5,9-10,12-13H2,1-4H3,(H2,21,26)(H,22,23)(H,24,27);1H. The van der Waals surface area contributed by atoms with Crippen molar-refractivity contribution in [3.8, 4) is 0 Å². The van der Waals surface area contributed by atoms with Crippen molar-refractivity contribution in [1.29, 1.82) is 0 Å². The Balaban J connectivity index is 0.00000420. The van der Waals surface area contributed by atoms with Crippen molar-refractivity contribution < 1.29 is 14.3 Å². The van der Waals surface area contributed by atoms with E-state index in [1.165, 1.54) is 0 Å². The molecule has 1 unspecified atom stereocenters. The maximum absolute atomic E-state index is 12.0. The zero-order valence-electron chi connectivity index (χ0n) is 17.5. The number of aliphatic imine (C=N–C) groups is 1. The fourth-order valence-electron chi connectivity index (χ4n) is 2.96. The molecule has 0 bridgehead atoms. The van der Waals surface area contributed by atoms with Crippen LogP contribution >= 0.6 is 24.0 Å². The van der Waals surface area contributed by atoms with E-state index in [1.807, 2.05) is 33.8 Å². The lowest BCUT2D eigenvalue weighted by Gasteiger charge is -2.23. The maximum Gasteiger partial charge on any atom is 0.407 e. The molecule has 1 saturated heterocycles. The van der Waals surface area contributed by atoms with Crippen LogP contribution in [0, 0.1) is 0 Å². The summed E-state index contributed by atoms with van der Waals surface area (Å²) in [7, 11) is 0. The molecule has 2 amide bonds. The fraction of sp³-hybridized carbons (Fsp3) is 0.550. The Bertz CT molecular complexity index is 733. The molecule has 0 spiro atoms. The van der Waals surface area contributed by atoms with Crippen LogP contribution in [0.3, 0.4) is 0 Å². The van der Waals surface area contributed by atoms with Gasteiger partial charge in [-0.3, -0.25) is 4.79 Å². The summed E-state index contributed by atoms with van der Waals surface area (Å²) in [5.41, 5.74) is 6.21. The number of nitrogens with one attached hydrogen (secondary N) is 2. The summed E-state index contributed by atoms with van der Waals surface area (Å²) < 4.78 is 5.33. The number of carbonyl (C=O) groups is 2. The minimum atomic E-state index is -0.516. The van der Waals surface area contributed by atoms with Crippen LogP contribution in [-0.2, 0) is 11.3 Å². The van der Waals surface area contributed by atoms with E-state index in [2.05, 4.69) is 20.5 Å². The number of primary amides is 1. The molecule has 1 atom stereocenters. The number of rotatable bonds is 5. The quantitative estimate of drug-likeness (QED) is 0.316. The Morgan fingerprint density at radius 1 is 1.34 bits per heavy atom. The molecule has 1 aromatic carbocycles. The molecule has 1 aliphatic rings. The number of hydrogen-bond donors (Lipinski definition) is 3. The molecule has 8 nitrogen and oxygen atoms in total. The number of nitrogens with zero attached hydrogens (tertiary/aromatic N) is 2. The summed E-state index contributed by atoms with van der Waals surface area (Å²) in [6, 6.07) is 7.17. The molecule has 0 aromatic heterocycles. The van der Waals surface area contributed by atoms with E-state index in [-0.39, 0.29) is 30.0 Å². The number of hydrogen-bond acceptors (Lipinski definition) is 4. The SMILES string of the molecule is CCNC(=NCc1cccc(C(N)=O)c1)N1CCC(NC(=O)OC(C)(C)C)C1.I. The molecule has 2 rings (SSSR count). The van der Waals surface area contributed by atoms with Crippen molar-refractivity contribution in [2.45, 2.75) is 52.3 Å². The number of benzene rings is 1. The van der Waals surface area contributed by atoms with E-state index in [4.69, 9.17) is 10.5 Å². The van der Waals surface area contributed by atoms with Crippen molar-refractivity contribution in [3.05, 3.63) is 35.4 Å². The average Bonchev–Trinajstić information content (AvgIpc) is 3.05. The maximum atomic E-state index is 12.0. The zero-order valence-corrected chi connectivity index (χ0v) is 19.9. The first kappa shape index (κ1) is 25.0. The second-order valence-electron chi connectivity index (χ2n) is 7.81. The summed E-state index contributed by atoms with van der Waals surface area (Å²) in [6.07, 6.45) is 0.422. The Morgan fingerprint density at radius 3 is 2.69 bits per heavy atom. The van der Waals surface area contributed by atoms with Crippen molar-refractivity contribution in [2.75, 3.05) is 19.6 Å². The van der Waals surface area contributed by atoms with Crippen LogP contribution < -0.4 is 16.4 Å². The summed E-state index contributed by atoms with van der Waals surface area (Å²) in [4.78, 5) is 30.1. The monoisotopic (exact) mass is 517 g/mol. The molecule has 1 aliphatic heterocycles. The highest BCUT2D eigenvalue weighted by Gasteiger charge is 2.27. The highest BCUT2D eigenvalue weighted by molar-refractivity contribution is 14.0. The number of guanidine groups is 1. The van der Waals surface area contributed by atoms with Crippen LogP contribution in [-0.4, -0.2) is 54.1 Å². The van der Waals surface area contributed by atoms with Gasteiger partial charge in [-0.05, 0) is 51.8 Å². The van der Waals surface area contributed by atoms with Gasteiger partial charge < -0.3 is 26.0 Å². The third-order valence-electron chi connectivity index (χ3n) is 4.17. The first-order chi connectivity index (χ1) is 13.2. The Morgan fingerprint density at radius 2 is 2.07 bits per heavy atom. The molecule has 1 heterocycles. The normalized spacial score (nSPS) is 16.8. The average molecular weight is 517 g/mol. The first-order valence-electron chi connectivity index (χ1n) is 9.59. The van der Waals surface area contributed by atoms with Gasteiger partial charge in [-0.1, -0.05) is 12.1 Å². The van der Waals surface area contributed by atoms with Gasteiger partial charge in [0.15, 0.2) is 5.96 Å². The second-order valence-corrected chi connectivity index (χ2v) is 7.81. The van der Waals surface area contributed by atoms with Gasteiger partial charge in [-0.25, -0.2) is 9.79 Å². The number of nitrogens with two attached hydrogens (primary N) is 1. The van der Waals surface area contributed by atoms with Gasteiger partial charge in [0.2, 0.25) is 5.91 Å². The lowest BCUT2D eigenvalue weighted by atomic mass is 10.1. The lowest BCUT2D eigenvalue weighted by molar-refractivity contribution is 0.0507. The molecule has 29 heavy (non-hydrogen) atoms. The minimum Gasteiger partial charge on any atom is -0.444 e. The zero-order chi connectivity index (χ0) is 20.7. The summed E-state index contributed by atoms with van der Waals surface area (Å²) in [5, 5.41) is 6.20. The van der Waals surface area contributed by atoms with E-state index in [9.17, 15) is 9.59 Å².